The van der Waals surface area contributed by atoms with Crippen molar-refractivity contribution in [1.82, 2.24) is 4.90 Å². The number of rotatable bonds is 2. The summed E-state index contributed by atoms with van der Waals surface area (Å²) in [5, 5.41) is 0.620. The molecule has 0 bridgehead atoms. The summed E-state index contributed by atoms with van der Waals surface area (Å²) in [5.74, 6) is -0.599. The third-order valence-electron chi connectivity index (χ3n) is 3.83. The van der Waals surface area contributed by atoms with Gasteiger partial charge in [-0.05, 0) is 23.8 Å². The number of hydrogen-bond acceptors (Lipinski definition) is 3. The van der Waals surface area contributed by atoms with Gasteiger partial charge in [0.05, 0.1) is 13.2 Å². The van der Waals surface area contributed by atoms with Crippen molar-refractivity contribution in [2.75, 3.05) is 26.3 Å². The van der Waals surface area contributed by atoms with Crippen LogP contribution in [-0.4, -0.2) is 37.0 Å². The lowest BCUT2D eigenvalue weighted by Gasteiger charge is -2.37. The van der Waals surface area contributed by atoms with Crippen molar-refractivity contribution in [1.29, 1.82) is 0 Å². The number of likely N-dealkylation sites (tertiary alicyclic amines) is 1. The van der Waals surface area contributed by atoms with Crippen LogP contribution in [0.1, 0.15) is 18.4 Å². The first-order valence-corrected chi connectivity index (χ1v) is 6.99. The molecule has 1 spiro atoms. The molecule has 1 aromatic rings. The average Bonchev–Trinajstić information content (AvgIpc) is 2.85. The minimum atomic E-state index is -0.359. The highest BCUT2D eigenvalue weighted by Gasteiger charge is 2.39. The predicted octanol–water partition coefficient (Wildman–Crippen LogP) is 2.82. The van der Waals surface area contributed by atoms with E-state index in [0.29, 0.717) is 24.8 Å². The van der Waals surface area contributed by atoms with E-state index in [-0.39, 0.29) is 11.6 Å². The van der Waals surface area contributed by atoms with E-state index in [9.17, 15) is 4.39 Å². The van der Waals surface area contributed by atoms with Gasteiger partial charge in [-0.1, -0.05) is 11.6 Å². The highest BCUT2D eigenvalue weighted by atomic mass is 35.5. The van der Waals surface area contributed by atoms with E-state index >= 15 is 0 Å². The van der Waals surface area contributed by atoms with Crippen molar-refractivity contribution in [3.05, 3.63) is 34.6 Å². The predicted molar refractivity (Wildman–Crippen MR) is 70.6 cm³/mol. The van der Waals surface area contributed by atoms with Gasteiger partial charge in [0.15, 0.2) is 5.79 Å². The number of ether oxygens (including phenoxy) is 2. The summed E-state index contributed by atoms with van der Waals surface area (Å²) in [6.45, 7) is 3.82. The van der Waals surface area contributed by atoms with Crippen molar-refractivity contribution in [2.24, 2.45) is 0 Å². The van der Waals surface area contributed by atoms with E-state index in [0.717, 1.165) is 31.5 Å². The SMILES string of the molecule is Fc1ccc(Cl)c(CN2CCC3(CC2)OCCO3)c1. The molecule has 0 radical (unpaired) electrons. The van der Waals surface area contributed by atoms with Crippen LogP contribution in [0.5, 0.6) is 0 Å². The molecule has 2 aliphatic rings. The Morgan fingerprint density at radius 3 is 2.58 bits per heavy atom. The molecule has 2 fully saturated rings. The van der Waals surface area contributed by atoms with Crippen LogP contribution in [0.2, 0.25) is 5.02 Å². The lowest BCUT2D eigenvalue weighted by molar-refractivity contribution is -0.185. The molecule has 0 atom stereocenters. The van der Waals surface area contributed by atoms with Crippen LogP contribution in [0.3, 0.4) is 0 Å². The largest absolute Gasteiger partial charge is 0.347 e. The van der Waals surface area contributed by atoms with E-state index in [4.69, 9.17) is 21.1 Å². The summed E-state index contributed by atoms with van der Waals surface area (Å²) in [4.78, 5) is 2.26. The minimum absolute atomic E-state index is 0.240. The summed E-state index contributed by atoms with van der Waals surface area (Å²) in [5.41, 5.74) is 0.839. The van der Waals surface area contributed by atoms with Gasteiger partial charge in [-0.3, -0.25) is 4.90 Å². The fourth-order valence-electron chi connectivity index (χ4n) is 2.74. The van der Waals surface area contributed by atoms with Crippen LogP contribution in [0.15, 0.2) is 18.2 Å². The Bertz CT molecular complexity index is 453. The standard InChI is InChI=1S/C14H17ClFNO2/c15-13-2-1-12(16)9-11(13)10-17-5-3-14(4-6-17)18-7-8-19-14/h1-2,9H,3-8,10H2. The minimum Gasteiger partial charge on any atom is -0.347 e. The summed E-state index contributed by atoms with van der Waals surface area (Å²) >= 11 is 6.09. The van der Waals surface area contributed by atoms with Gasteiger partial charge < -0.3 is 9.47 Å². The Labute approximate surface area is 117 Å². The second-order valence-corrected chi connectivity index (χ2v) is 5.53. The molecule has 2 aliphatic heterocycles. The monoisotopic (exact) mass is 285 g/mol. The normalized spacial score (nSPS) is 23.1. The highest BCUT2D eigenvalue weighted by molar-refractivity contribution is 6.31. The molecule has 0 aromatic heterocycles. The van der Waals surface area contributed by atoms with E-state index in [1.54, 1.807) is 6.07 Å². The Morgan fingerprint density at radius 2 is 1.89 bits per heavy atom. The van der Waals surface area contributed by atoms with Crippen LogP contribution in [0, 0.1) is 5.82 Å². The van der Waals surface area contributed by atoms with Crippen molar-refractivity contribution < 1.29 is 13.9 Å². The van der Waals surface area contributed by atoms with Gasteiger partial charge in [0.25, 0.3) is 0 Å². The summed E-state index contributed by atoms with van der Waals surface area (Å²) in [6.07, 6.45) is 1.72. The first-order chi connectivity index (χ1) is 9.17. The quantitative estimate of drug-likeness (QED) is 0.834. The van der Waals surface area contributed by atoms with Gasteiger partial charge >= 0.3 is 0 Å². The third-order valence-corrected chi connectivity index (χ3v) is 4.20. The number of piperidine rings is 1. The Morgan fingerprint density at radius 1 is 1.21 bits per heavy atom. The zero-order chi connectivity index (χ0) is 13.3. The molecule has 19 heavy (non-hydrogen) atoms. The second-order valence-electron chi connectivity index (χ2n) is 5.12. The Kier molecular flexibility index (Phi) is 3.76. The fourth-order valence-corrected chi connectivity index (χ4v) is 2.92. The van der Waals surface area contributed by atoms with E-state index in [1.807, 2.05) is 0 Å². The molecule has 0 aliphatic carbocycles. The first kappa shape index (κ1) is 13.3. The molecule has 2 saturated heterocycles. The highest BCUT2D eigenvalue weighted by Crippen LogP contribution is 2.32. The maximum absolute atomic E-state index is 13.2. The van der Waals surface area contributed by atoms with E-state index < -0.39 is 0 Å². The summed E-state index contributed by atoms with van der Waals surface area (Å²) < 4.78 is 24.6. The average molecular weight is 286 g/mol. The topological polar surface area (TPSA) is 21.7 Å². The molecule has 0 N–H and O–H groups in total. The number of halogens is 2. The molecule has 3 nitrogen and oxygen atoms in total. The zero-order valence-electron chi connectivity index (χ0n) is 10.7. The molecular weight excluding hydrogens is 269 g/mol. The molecule has 3 rings (SSSR count). The molecule has 1 aromatic carbocycles. The maximum Gasteiger partial charge on any atom is 0.170 e. The third kappa shape index (κ3) is 2.92. The maximum atomic E-state index is 13.2. The second kappa shape index (κ2) is 5.37. The van der Waals surface area contributed by atoms with Gasteiger partial charge in [0, 0.05) is 37.5 Å². The van der Waals surface area contributed by atoms with Crippen molar-refractivity contribution in [3.8, 4) is 0 Å². The number of nitrogens with zero attached hydrogens (tertiary/aromatic N) is 1. The zero-order valence-corrected chi connectivity index (χ0v) is 11.5. The molecule has 0 saturated carbocycles. The molecule has 2 heterocycles. The van der Waals surface area contributed by atoms with Gasteiger partial charge in [0.2, 0.25) is 0 Å². The van der Waals surface area contributed by atoms with Crippen LogP contribution >= 0.6 is 11.6 Å². The molecule has 0 amide bonds. The Balaban J connectivity index is 1.61. The number of hydrogen-bond donors (Lipinski definition) is 0. The summed E-state index contributed by atoms with van der Waals surface area (Å²) in [6, 6.07) is 4.51. The van der Waals surface area contributed by atoms with Crippen molar-refractivity contribution in [3.63, 3.8) is 0 Å². The van der Waals surface area contributed by atoms with E-state index in [1.165, 1.54) is 12.1 Å². The summed E-state index contributed by atoms with van der Waals surface area (Å²) in [7, 11) is 0. The Hall–Kier alpha value is -0.680. The van der Waals surface area contributed by atoms with Gasteiger partial charge in [-0.25, -0.2) is 4.39 Å². The molecule has 104 valence electrons. The molecule has 5 heteroatoms. The van der Waals surface area contributed by atoms with Gasteiger partial charge in [-0.15, -0.1) is 0 Å². The lowest BCUT2D eigenvalue weighted by atomic mass is 10.0. The van der Waals surface area contributed by atoms with Crippen LogP contribution in [0.4, 0.5) is 4.39 Å². The van der Waals surface area contributed by atoms with Gasteiger partial charge in [0.1, 0.15) is 5.82 Å². The molecule has 0 unspecified atom stereocenters. The van der Waals surface area contributed by atoms with Crippen molar-refractivity contribution in [2.45, 2.75) is 25.2 Å². The molecular formula is C14H17ClFNO2. The van der Waals surface area contributed by atoms with Crippen LogP contribution in [-0.2, 0) is 16.0 Å². The van der Waals surface area contributed by atoms with Crippen LogP contribution in [0.25, 0.3) is 0 Å². The van der Waals surface area contributed by atoms with Crippen molar-refractivity contribution >= 4 is 11.6 Å². The smallest absolute Gasteiger partial charge is 0.170 e. The fraction of sp³-hybridized carbons (Fsp3) is 0.571. The van der Waals surface area contributed by atoms with Gasteiger partial charge in [-0.2, -0.15) is 0 Å². The van der Waals surface area contributed by atoms with E-state index in [2.05, 4.69) is 4.90 Å². The number of benzene rings is 1. The lowest BCUT2D eigenvalue weighted by Crippen LogP contribution is -2.44. The first-order valence-electron chi connectivity index (χ1n) is 6.61. The van der Waals surface area contributed by atoms with Crippen LogP contribution < -0.4 is 0 Å².